The molecule has 3 aromatic rings. The van der Waals surface area contributed by atoms with Crippen LogP contribution in [0.25, 0.3) is 11.0 Å². The number of benzene rings is 2. The van der Waals surface area contributed by atoms with E-state index < -0.39 is 11.5 Å². The van der Waals surface area contributed by atoms with Crippen molar-refractivity contribution in [2.75, 3.05) is 0 Å². The van der Waals surface area contributed by atoms with Gasteiger partial charge in [-0.25, -0.2) is 4.79 Å². The summed E-state index contributed by atoms with van der Waals surface area (Å²) in [6, 6.07) is 16.3. The number of para-hydroxylation sites is 1. The summed E-state index contributed by atoms with van der Waals surface area (Å²) in [5.41, 5.74) is 9.46. The van der Waals surface area contributed by atoms with Crippen LogP contribution < -0.4 is 16.8 Å². The van der Waals surface area contributed by atoms with Gasteiger partial charge in [-0.2, -0.15) is 5.10 Å². The number of hydrogen-bond donors (Lipinski definition) is 3. The molecule has 0 amide bonds. The van der Waals surface area contributed by atoms with Crippen molar-refractivity contribution >= 4 is 34.0 Å². The molecule has 1 heterocycles. The first-order valence-corrected chi connectivity index (χ1v) is 8.76. The fourth-order valence-corrected chi connectivity index (χ4v) is 3.06. The fraction of sp³-hybridized carbons (Fsp3) is 0.150. The Morgan fingerprint density at radius 2 is 1.89 bits per heavy atom. The van der Waals surface area contributed by atoms with Crippen molar-refractivity contribution in [3.63, 3.8) is 0 Å². The molecule has 0 aliphatic rings. The van der Waals surface area contributed by atoms with Gasteiger partial charge >= 0.3 is 5.63 Å². The number of rotatable bonds is 5. The second-order valence-electron chi connectivity index (χ2n) is 6.14. The van der Waals surface area contributed by atoms with E-state index in [1.54, 1.807) is 31.2 Å². The van der Waals surface area contributed by atoms with Crippen molar-refractivity contribution in [1.29, 1.82) is 0 Å². The van der Waals surface area contributed by atoms with Gasteiger partial charge in [0.15, 0.2) is 5.11 Å². The molecule has 27 heavy (non-hydrogen) atoms. The van der Waals surface area contributed by atoms with E-state index in [1.165, 1.54) is 0 Å². The van der Waals surface area contributed by atoms with Crippen molar-refractivity contribution in [1.82, 2.24) is 5.43 Å². The van der Waals surface area contributed by atoms with Crippen molar-refractivity contribution in [3.8, 4) is 5.75 Å². The van der Waals surface area contributed by atoms with Crippen LogP contribution >= 0.6 is 12.2 Å². The van der Waals surface area contributed by atoms with Crippen LogP contribution in [0.1, 0.15) is 30.4 Å². The maximum absolute atomic E-state index is 12.7. The SMILES string of the molecule is CC(CC(c1ccccc1)c1c(O)c2ccccc2oc1=O)=NNC(N)=S. The van der Waals surface area contributed by atoms with Crippen LogP contribution in [-0.2, 0) is 0 Å². The lowest BCUT2D eigenvalue weighted by molar-refractivity contribution is 0.452. The molecule has 0 saturated heterocycles. The standard InChI is InChI=1S/C20H19N3O3S/c1-12(22-23-20(21)27)11-15(13-7-3-2-4-8-13)17-18(24)14-9-5-6-10-16(14)26-19(17)25/h2-10,15,24H,11H2,1H3,(H3,21,23,27). The molecule has 0 bridgehead atoms. The summed E-state index contributed by atoms with van der Waals surface area (Å²) >= 11 is 4.76. The van der Waals surface area contributed by atoms with E-state index in [-0.39, 0.29) is 16.4 Å². The first-order chi connectivity index (χ1) is 13.0. The quantitative estimate of drug-likeness (QED) is 0.271. The average Bonchev–Trinajstić information content (AvgIpc) is 2.66. The summed E-state index contributed by atoms with van der Waals surface area (Å²) in [6.07, 6.45) is 0.371. The van der Waals surface area contributed by atoms with Gasteiger partial charge in [0.25, 0.3) is 0 Å². The van der Waals surface area contributed by atoms with E-state index in [9.17, 15) is 9.90 Å². The number of nitrogens with one attached hydrogen (secondary N) is 1. The molecule has 1 atom stereocenters. The Kier molecular flexibility index (Phi) is 5.52. The zero-order valence-corrected chi connectivity index (χ0v) is 15.5. The largest absolute Gasteiger partial charge is 0.507 e. The first-order valence-electron chi connectivity index (χ1n) is 8.35. The second kappa shape index (κ2) is 8.01. The minimum Gasteiger partial charge on any atom is -0.507 e. The van der Waals surface area contributed by atoms with Gasteiger partial charge in [0.05, 0.1) is 10.9 Å². The predicted octanol–water partition coefficient (Wildman–Crippen LogP) is 3.23. The molecule has 3 rings (SSSR count). The lowest BCUT2D eigenvalue weighted by atomic mass is 9.87. The van der Waals surface area contributed by atoms with Crippen LogP contribution in [-0.4, -0.2) is 15.9 Å². The molecule has 0 aliphatic carbocycles. The maximum atomic E-state index is 12.7. The second-order valence-corrected chi connectivity index (χ2v) is 6.58. The van der Waals surface area contributed by atoms with Gasteiger partial charge in [0, 0.05) is 11.6 Å². The number of fused-ring (bicyclic) bond motifs is 1. The summed E-state index contributed by atoms with van der Waals surface area (Å²) in [6.45, 7) is 1.79. The topological polar surface area (TPSA) is 101 Å². The van der Waals surface area contributed by atoms with Crippen molar-refractivity contribution < 1.29 is 9.52 Å². The monoisotopic (exact) mass is 381 g/mol. The molecule has 0 fully saturated rings. The van der Waals surface area contributed by atoms with Gasteiger partial charge in [0.1, 0.15) is 11.3 Å². The Morgan fingerprint density at radius 3 is 2.59 bits per heavy atom. The van der Waals surface area contributed by atoms with Crippen molar-refractivity contribution in [2.24, 2.45) is 10.8 Å². The van der Waals surface area contributed by atoms with Gasteiger partial charge in [-0.3, -0.25) is 5.43 Å². The molecule has 0 spiro atoms. The normalized spacial score (nSPS) is 12.7. The molecular weight excluding hydrogens is 362 g/mol. The molecule has 0 saturated carbocycles. The molecule has 7 heteroatoms. The lowest BCUT2D eigenvalue weighted by Gasteiger charge is -2.18. The average molecular weight is 381 g/mol. The van der Waals surface area contributed by atoms with Crippen LogP contribution in [0.4, 0.5) is 0 Å². The third-order valence-corrected chi connectivity index (χ3v) is 4.32. The molecule has 138 valence electrons. The van der Waals surface area contributed by atoms with Crippen LogP contribution in [0.5, 0.6) is 5.75 Å². The molecular formula is C20H19N3O3S. The minimum absolute atomic E-state index is 0.0543. The molecule has 0 radical (unpaired) electrons. The predicted molar refractivity (Wildman–Crippen MR) is 110 cm³/mol. The molecule has 1 aromatic heterocycles. The van der Waals surface area contributed by atoms with Crippen LogP contribution in [0.2, 0.25) is 0 Å². The highest BCUT2D eigenvalue weighted by molar-refractivity contribution is 7.80. The number of aromatic hydroxyl groups is 1. The molecule has 0 aliphatic heterocycles. The van der Waals surface area contributed by atoms with Gasteiger partial charge in [0.2, 0.25) is 0 Å². The van der Waals surface area contributed by atoms with E-state index in [2.05, 4.69) is 10.5 Å². The number of nitrogens with zero attached hydrogens (tertiary/aromatic N) is 1. The highest BCUT2D eigenvalue weighted by Gasteiger charge is 2.25. The van der Waals surface area contributed by atoms with E-state index in [0.717, 1.165) is 5.56 Å². The summed E-state index contributed by atoms with van der Waals surface area (Å²) < 4.78 is 5.44. The summed E-state index contributed by atoms with van der Waals surface area (Å²) in [5.74, 6) is -0.519. The zero-order valence-electron chi connectivity index (χ0n) is 14.7. The van der Waals surface area contributed by atoms with E-state index in [1.807, 2.05) is 30.3 Å². The Labute approximate surface area is 161 Å². The molecule has 4 N–H and O–H groups in total. The number of hydrazone groups is 1. The van der Waals surface area contributed by atoms with E-state index in [0.29, 0.717) is 23.1 Å². The van der Waals surface area contributed by atoms with Gasteiger partial charge in [-0.05, 0) is 43.3 Å². The highest BCUT2D eigenvalue weighted by Crippen LogP contribution is 2.36. The maximum Gasteiger partial charge on any atom is 0.343 e. The van der Waals surface area contributed by atoms with Gasteiger partial charge in [-0.1, -0.05) is 42.5 Å². The third kappa shape index (κ3) is 4.15. The fourth-order valence-electron chi connectivity index (χ4n) is 3.02. The number of hydrogen-bond acceptors (Lipinski definition) is 5. The highest BCUT2D eigenvalue weighted by atomic mass is 32.1. The Balaban J connectivity index is 2.14. The van der Waals surface area contributed by atoms with Crippen LogP contribution in [0.3, 0.4) is 0 Å². The van der Waals surface area contributed by atoms with Crippen molar-refractivity contribution in [3.05, 3.63) is 76.1 Å². The number of thiocarbonyl (C=S) groups is 1. The Bertz CT molecular complexity index is 1060. The smallest absolute Gasteiger partial charge is 0.343 e. The van der Waals surface area contributed by atoms with Crippen molar-refractivity contribution in [2.45, 2.75) is 19.3 Å². The third-order valence-electron chi connectivity index (χ3n) is 4.23. The van der Waals surface area contributed by atoms with Gasteiger partial charge < -0.3 is 15.3 Å². The van der Waals surface area contributed by atoms with Crippen LogP contribution in [0.15, 0.2) is 68.9 Å². The number of nitrogens with two attached hydrogens (primary N) is 1. The summed E-state index contributed by atoms with van der Waals surface area (Å²) in [4.78, 5) is 12.7. The molecule has 2 aromatic carbocycles. The van der Waals surface area contributed by atoms with Crippen LogP contribution in [0, 0.1) is 0 Å². The summed E-state index contributed by atoms with van der Waals surface area (Å²) in [5, 5.41) is 15.5. The molecule has 1 unspecified atom stereocenters. The lowest BCUT2D eigenvalue weighted by Crippen LogP contribution is -2.25. The van der Waals surface area contributed by atoms with Gasteiger partial charge in [-0.15, -0.1) is 0 Å². The Hall–Kier alpha value is -3.19. The zero-order chi connectivity index (χ0) is 19.4. The summed E-state index contributed by atoms with van der Waals surface area (Å²) in [7, 11) is 0. The first kappa shape index (κ1) is 18.6. The Morgan fingerprint density at radius 1 is 1.22 bits per heavy atom. The molecule has 6 nitrogen and oxygen atoms in total. The minimum atomic E-state index is -0.574. The van der Waals surface area contributed by atoms with E-state index >= 15 is 0 Å². The van der Waals surface area contributed by atoms with E-state index in [4.69, 9.17) is 22.4 Å².